The third kappa shape index (κ3) is 3.23. The predicted octanol–water partition coefficient (Wildman–Crippen LogP) is 2.00. The van der Waals surface area contributed by atoms with Crippen molar-refractivity contribution in [3.63, 3.8) is 0 Å². The lowest BCUT2D eigenvalue weighted by molar-refractivity contribution is -0.119. The summed E-state index contributed by atoms with van der Waals surface area (Å²) in [6, 6.07) is 15.7. The zero-order valence-electron chi connectivity index (χ0n) is 14.7. The summed E-state index contributed by atoms with van der Waals surface area (Å²) in [5.41, 5.74) is 2.55. The molecule has 0 bridgehead atoms. The van der Waals surface area contributed by atoms with E-state index in [1.807, 2.05) is 30.3 Å². The molecule has 2 amide bonds. The van der Waals surface area contributed by atoms with Gasteiger partial charge in [-0.25, -0.2) is 9.48 Å². The summed E-state index contributed by atoms with van der Waals surface area (Å²) in [5, 5.41) is 19.0. The van der Waals surface area contributed by atoms with Gasteiger partial charge in [0.05, 0.1) is 23.4 Å². The largest absolute Gasteiger partial charge is 0.478 e. The Morgan fingerprint density at radius 1 is 1.11 bits per heavy atom. The normalized spacial score (nSPS) is 13.0. The van der Waals surface area contributed by atoms with Crippen LogP contribution in [-0.4, -0.2) is 32.7 Å². The number of fused-ring (bicyclic) bond motifs is 1. The molecule has 0 spiro atoms. The topological polar surface area (TPSA) is 113 Å². The number of imide groups is 1. The molecule has 3 aromatic rings. The molecule has 0 fully saturated rings. The maximum absolute atomic E-state index is 12.4. The second kappa shape index (κ2) is 6.99. The molecule has 8 nitrogen and oxygen atoms in total. The van der Waals surface area contributed by atoms with Crippen LogP contribution in [0.4, 0.5) is 5.82 Å². The van der Waals surface area contributed by atoms with Crippen LogP contribution in [0.25, 0.3) is 5.69 Å². The summed E-state index contributed by atoms with van der Waals surface area (Å²) < 4.78 is 1.61. The lowest BCUT2D eigenvalue weighted by Gasteiger charge is -2.14. The number of para-hydroxylation sites is 1. The fourth-order valence-electron chi connectivity index (χ4n) is 3.08. The van der Waals surface area contributed by atoms with Crippen molar-refractivity contribution in [3.05, 3.63) is 77.0 Å². The van der Waals surface area contributed by atoms with Crippen LogP contribution in [0.3, 0.4) is 0 Å². The maximum Gasteiger partial charge on any atom is 0.335 e. The first-order chi connectivity index (χ1) is 13.5. The third-order valence-electron chi connectivity index (χ3n) is 4.43. The monoisotopic (exact) mass is 376 g/mol. The van der Waals surface area contributed by atoms with Crippen LogP contribution < -0.4 is 10.6 Å². The van der Waals surface area contributed by atoms with E-state index in [2.05, 4.69) is 15.7 Å². The summed E-state index contributed by atoms with van der Waals surface area (Å²) in [5.74, 6) is -1.38. The minimum atomic E-state index is -0.989. The van der Waals surface area contributed by atoms with Gasteiger partial charge in [0, 0.05) is 6.54 Å². The van der Waals surface area contributed by atoms with E-state index in [4.69, 9.17) is 5.11 Å². The number of carboxylic acids is 1. The average molecular weight is 376 g/mol. The smallest absolute Gasteiger partial charge is 0.335 e. The van der Waals surface area contributed by atoms with Gasteiger partial charge in [-0.3, -0.25) is 14.9 Å². The fourth-order valence-corrected chi connectivity index (χ4v) is 3.08. The molecule has 1 aliphatic heterocycles. The van der Waals surface area contributed by atoms with Crippen molar-refractivity contribution in [1.29, 1.82) is 0 Å². The molecular formula is C20H16N4O4. The summed E-state index contributed by atoms with van der Waals surface area (Å²) in [7, 11) is 0. The number of hydrogen-bond acceptors (Lipinski definition) is 5. The SMILES string of the molecule is O=C1Cc2nn(-c3ccccc3)c(NCc3ccc(C(=O)O)cc3)c2C(=O)N1. The fraction of sp³-hybridized carbons (Fsp3) is 0.100. The molecule has 0 aliphatic carbocycles. The molecule has 2 aromatic carbocycles. The van der Waals surface area contributed by atoms with Gasteiger partial charge < -0.3 is 10.4 Å². The van der Waals surface area contributed by atoms with E-state index in [0.29, 0.717) is 23.6 Å². The Bertz CT molecular complexity index is 1070. The number of carbonyl (C=O) groups is 3. The second-order valence-electron chi connectivity index (χ2n) is 6.33. The number of aromatic carboxylic acids is 1. The number of hydrogen-bond donors (Lipinski definition) is 3. The molecule has 0 unspecified atom stereocenters. The van der Waals surface area contributed by atoms with Crippen molar-refractivity contribution in [1.82, 2.24) is 15.1 Å². The number of rotatable bonds is 5. The molecule has 0 saturated heterocycles. The van der Waals surface area contributed by atoms with Crippen LogP contribution in [0.1, 0.15) is 32.0 Å². The van der Waals surface area contributed by atoms with Gasteiger partial charge in [-0.15, -0.1) is 0 Å². The number of benzene rings is 2. The highest BCUT2D eigenvalue weighted by Gasteiger charge is 2.31. The highest BCUT2D eigenvalue weighted by atomic mass is 16.4. The predicted molar refractivity (Wildman–Crippen MR) is 100 cm³/mol. The van der Waals surface area contributed by atoms with E-state index in [1.54, 1.807) is 16.8 Å². The Morgan fingerprint density at radius 3 is 2.50 bits per heavy atom. The van der Waals surface area contributed by atoms with Crippen LogP contribution in [0.5, 0.6) is 0 Å². The summed E-state index contributed by atoms with van der Waals surface area (Å²) in [6.45, 7) is 0.353. The molecule has 2 heterocycles. The molecule has 8 heteroatoms. The number of amides is 2. The summed E-state index contributed by atoms with van der Waals surface area (Å²) in [4.78, 5) is 35.1. The number of nitrogens with zero attached hydrogens (tertiary/aromatic N) is 2. The van der Waals surface area contributed by atoms with E-state index in [9.17, 15) is 14.4 Å². The summed E-state index contributed by atoms with van der Waals surface area (Å²) in [6.07, 6.45) is 0.0307. The van der Waals surface area contributed by atoms with Crippen molar-refractivity contribution in [2.24, 2.45) is 0 Å². The van der Waals surface area contributed by atoms with Crippen LogP contribution in [0.15, 0.2) is 54.6 Å². The lowest BCUT2D eigenvalue weighted by Crippen LogP contribution is -2.37. The van der Waals surface area contributed by atoms with Gasteiger partial charge in [0.2, 0.25) is 5.91 Å². The first-order valence-electron chi connectivity index (χ1n) is 8.60. The van der Waals surface area contributed by atoms with Crippen LogP contribution >= 0.6 is 0 Å². The highest BCUT2D eigenvalue weighted by molar-refractivity contribution is 6.12. The van der Waals surface area contributed by atoms with Gasteiger partial charge in [-0.05, 0) is 29.8 Å². The Kier molecular flexibility index (Phi) is 4.36. The lowest BCUT2D eigenvalue weighted by atomic mass is 10.1. The molecule has 0 saturated carbocycles. The minimum absolute atomic E-state index is 0.0307. The molecule has 3 N–H and O–H groups in total. The van der Waals surface area contributed by atoms with E-state index < -0.39 is 11.9 Å². The molecular weight excluding hydrogens is 360 g/mol. The number of anilines is 1. The van der Waals surface area contributed by atoms with E-state index in [1.165, 1.54) is 12.1 Å². The highest BCUT2D eigenvalue weighted by Crippen LogP contribution is 2.27. The first kappa shape index (κ1) is 17.5. The van der Waals surface area contributed by atoms with Gasteiger partial charge in [-0.1, -0.05) is 30.3 Å². The quantitative estimate of drug-likeness (QED) is 0.587. The average Bonchev–Trinajstić information content (AvgIpc) is 3.06. The molecule has 28 heavy (non-hydrogen) atoms. The van der Waals surface area contributed by atoms with Gasteiger partial charge in [-0.2, -0.15) is 5.10 Å². The molecule has 140 valence electrons. The number of carboxylic acid groups (broad SMARTS) is 1. The summed E-state index contributed by atoms with van der Waals surface area (Å²) >= 11 is 0. The van der Waals surface area contributed by atoms with Gasteiger partial charge in [0.25, 0.3) is 5.91 Å². The zero-order valence-corrected chi connectivity index (χ0v) is 14.7. The third-order valence-corrected chi connectivity index (χ3v) is 4.43. The van der Waals surface area contributed by atoms with E-state index in [0.717, 1.165) is 11.3 Å². The van der Waals surface area contributed by atoms with Crippen molar-refractivity contribution in [2.75, 3.05) is 5.32 Å². The Morgan fingerprint density at radius 2 is 1.82 bits per heavy atom. The minimum Gasteiger partial charge on any atom is -0.478 e. The second-order valence-corrected chi connectivity index (χ2v) is 6.33. The molecule has 0 radical (unpaired) electrons. The molecule has 1 aromatic heterocycles. The zero-order chi connectivity index (χ0) is 19.7. The standard InChI is InChI=1S/C20H16N4O4/c25-16-10-15-17(19(26)22-16)18(24(23-15)14-4-2-1-3-5-14)21-11-12-6-8-13(9-7-12)20(27)28/h1-9,21H,10-11H2,(H,27,28)(H,22,25,26). The van der Waals surface area contributed by atoms with Crippen LogP contribution in [0, 0.1) is 0 Å². The van der Waals surface area contributed by atoms with Crippen molar-refractivity contribution in [2.45, 2.75) is 13.0 Å². The van der Waals surface area contributed by atoms with Crippen molar-refractivity contribution in [3.8, 4) is 5.69 Å². The Balaban J connectivity index is 1.69. The first-order valence-corrected chi connectivity index (χ1v) is 8.60. The Labute approximate surface area is 159 Å². The van der Waals surface area contributed by atoms with Crippen molar-refractivity contribution >= 4 is 23.6 Å². The van der Waals surface area contributed by atoms with Crippen molar-refractivity contribution < 1.29 is 19.5 Å². The number of carbonyl (C=O) groups excluding carboxylic acids is 2. The molecule has 1 aliphatic rings. The van der Waals surface area contributed by atoms with Gasteiger partial charge in [0.15, 0.2) is 0 Å². The molecule has 4 rings (SSSR count). The van der Waals surface area contributed by atoms with Gasteiger partial charge in [0.1, 0.15) is 11.4 Å². The van der Waals surface area contributed by atoms with Crippen LogP contribution in [-0.2, 0) is 17.8 Å². The number of nitrogens with one attached hydrogen (secondary N) is 2. The maximum atomic E-state index is 12.4. The van der Waals surface area contributed by atoms with E-state index in [-0.39, 0.29) is 17.9 Å². The van der Waals surface area contributed by atoms with Crippen LogP contribution in [0.2, 0.25) is 0 Å². The number of aromatic nitrogens is 2. The van der Waals surface area contributed by atoms with Gasteiger partial charge >= 0.3 is 5.97 Å². The Hall–Kier alpha value is -3.94. The molecule has 0 atom stereocenters. The van der Waals surface area contributed by atoms with E-state index >= 15 is 0 Å².